The van der Waals surface area contributed by atoms with E-state index in [-0.39, 0.29) is 18.2 Å². The number of carboxylic acids is 1. The first-order chi connectivity index (χ1) is 7.85. The van der Waals surface area contributed by atoms with Crippen LogP contribution >= 0.6 is 11.3 Å². The van der Waals surface area contributed by atoms with Crippen molar-refractivity contribution in [3.8, 4) is 0 Å². The van der Waals surface area contributed by atoms with Gasteiger partial charge in [-0.25, -0.2) is 4.98 Å². The number of thiazole rings is 1. The Labute approximate surface area is 104 Å². The minimum Gasteiger partial charge on any atom is -0.481 e. The highest BCUT2D eigenvalue weighted by molar-refractivity contribution is 7.07. The molecule has 1 heterocycles. The summed E-state index contributed by atoms with van der Waals surface area (Å²) in [7, 11) is 0. The summed E-state index contributed by atoms with van der Waals surface area (Å²) in [4.78, 5) is 26.6. The van der Waals surface area contributed by atoms with E-state index in [1.165, 1.54) is 11.3 Å². The number of nitrogens with one attached hydrogen (secondary N) is 1. The Kier molecular flexibility index (Phi) is 4.22. The van der Waals surface area contributed by atoms with Crippen LogP contribution in [0.25, 0.3) is 0 Å². The summed E-state index contributed by atoms with van der Waals surface area (Å²) in [6.45, 7) is 5.49. The number of nitrogens with zero attached hydrogens (tertiary/aromatic N) is 1. The zero-order valence-corrected chi connectivity index (χ0v) is 10.9. The molecule has 0 saturated heterocycles. The molecule has 94 valence electrons. The molecule has 0 radical (unpaired) electrons. The Balaban J connectivity index is 2.80. The largest absolute Gasteiger partial charge is 0.481 e. The molecule has 1 unspecified atom stereocenters. The molecular formula is C11H16N2O3S. The molecule has 1 amide bonds. The zero-order valence-electron chi connectivity index (χ0n) is 10.1. The molecule has 2 N–H and O–H groups in total. The Morgan fingerprint density at radius 1 is 1.59 bits per heavy atom. The Hall–Kier alpha value is -1.43. The Bertz CT molecular complexity index is 403. The molecule has 1 aromatic rings. The predicted octanol–water partition coefficient (Wildman–Crippen LogP) is 1.76. The van der Waals surface area contributed by atoms with Gasteiger partial charge < -0.3 is 10.4 Å². The van der Waals surface area contributed by atoms with E-state index >= 15 is 0 Å². The number of aliphatic carboxylic acids is 1. The normalized spacial score (nSPS) is 14.4. The molecule has 1 aromatic heterocycles. The summed E-state index contributed by atoms with van der Waals surface area (Å²) in [5, 5.41) is 13.3. The van der Waals surface area contributed by atoms with Gasteiger partial charge in [0.05, 0.1) is 17.5 Å². The minimum atomic E-state index is -0.931. The molecule has 0 fully saturated rings. The first kappa shape index (κ1) is 13.6. The van der Waals surface area contributed by atoms with Gasteiger partial charge in [-0.1, -0.05) is 13.8 Å². The molecule has 17 heavy (non-hydrogen) atoms. The summed E-state index contributed by atoms with van der Waals surface area (Å²) in [5.74, 6) is -1.25. The average molecular weight is 256 g/mol. The average Bonchev–Trinajstić information content (AvgIpc) is 2.68. The van der Waals surface area contributed by atoms with Crippen molar-refractivity contribution in [3.05, 3.63) is 16.6 Å². The van der Waals surface area contributed by atoms with Gasteiger partial charge in [-0.05, 0) is 12.8 Å². The Morgan fingerprint density at radius 2 is 2.24 bits per heavy atom. The molecule has 0 bridgehead atoms. The fourth-order valence-corrected chi connectivity index (χ4v) is 1.89. The highest BCUT2D eigenvalue weighted by Crippen LogP contribution is 2.21. The van der Waals surface area contributed by atoms with Crippen molar-refractivity contribution >= 4 is 23.2 Å². The second-order valence-corrected chi connectivity index (χ2v) is 5.19. The van der Waals surface area contributed by atoms with Crippen molar-refractivity contribution in [2.45, 2.75) is 32.7 Å². The Morgan fingerprint density at radius 3 is 2.65 bits per heavy atom. The predicted molar refractivity (Wildman–Crippen MR) is 65.1 cm³/mol. The third-order valence-electron chi connectivity index (χ3n) is 2.86. The minimum absolute atomic E-state index is 0.0150. The second-order valence-electron chi connectivity index (χ2n) is 4.47. The van der Waals surface area contributed by atoms with E-state index < -0.39 is 11.5 Å². The van der Waals surface area contributed by atoms with Gasteiger partial charge in [0.15, 0.2) is 0 Å². The fourth-order valence-electron chi connectivity index (χ4n) is 1.35. The number of amides is 1. The molecule has 6 heteroatoms. The van der Waals surface area contributed by atoms with Crippen LogP contribution in [0.3, 0.4) is 0 Å². The van der Waals surface area contributed by atoms with Gasteiger partial charge in [0, 0.05) is 5.38 Å². The smallest absolute Gasteiger partial charge is 0.305 e. The fraction of sp³-hybridized carbons (Fsp3) is 0.545. The van der Waals surface area contributed by atoms with Crippen LogP contribution in [0, 0.1) is 5.92 Å². The third-order valence-corrected chi connectivity index (χ3v) is 3.44. The molecule has 0 aliphatic rings. The SMILES string of the molecule is CC(C)C(C)(CC(=O)O)NC(=O)c1cscn1. The molecule has 0 aliphatic carbocycles. The summed E-state index contributed by atoms with van der Waals surface area (Å²) in [5.41, 5.74) is 1.12. The maximum absolute atomic E-state index is 11.8. The maximum atomic E-state index is 11.8. The van der Waals surface area contributed by atoms with E-state index in [0.29, 0.717) is 5.69 Å². The standard InChI is InChI=1S/C11H16N2O3S/c1-7(2)11(3,4-9(14)15)13-10(16)8-5-17-6-12-8/h5-7H,4H2,1-3H3,(H,13,16)(H,14,15). The van der Waals surface area contributed by atoms with Crippen molar-refractivity contribution < 1.29 is 14.7 Å². The third kappa shape index (κ3) is 3.52. The second kappa shape index (κ2) is 5.27. The van der Waals surface area contributed by atoms with Gasteiger partial charge in [0.25, 0.3) is 5.91 Å². The molecule has 1 rings (SSSR count). The first-order valence-corrected chi connectivity index (χ1v) is 6.22. The van der Waals surface area contributed by atoms with Crippen LogP contribution in [-0.4, -0.2) is 27.5 Å². The van der Waals surface area contributed by atoms with Crippen molar-refractivity contribution in [3.63, 3.8) is 0 Å². The molecular weight excluding hydrogens is 240 g/mol. The number of hydrogen-bond acceptors (Lipinski definition) is 4. The van der Waals surface area contributed by atoms with E-state index in [9.17, 15) is 9.59 Å². The molecule has 5 nitrogen and oxygen atoms in total. The van der Waals surface area contributed by atoms with Gasteiger partial charge in [-0.15, -0.1) is 11.3 Å². The van der Waals surface area contributed by atoms with Crippen LogP contribution in [0.4, 0.5) is 0 Å². The molecule has 1 atom stereocenters. The van der Waals surface area contributed by atoms with Gasteiger partial charge >= 0.3 is 5.97 Å². The topological polar surface area (TPSA) is 79.3 Å². The van der Waals surface area contributed by atoms with Crippen LogP contribution in [0.5, 0.6) is 0 Å². The molecule has 0 spiro atoms. The number of aromatic nitrogens is 1. The van der Waals surface area contributed by atoms with Gasteiger partial charge in [-0.3, -0.25) is 9.59 Å². The molecule has 0 aromatic carbocycles. The lowest BCUT2D eigenvalue weighted by molar-refractivity contribution is -0.138. The van der Waals surface area contributed by atoms with Crippen molar-refractivity contribution in [1.29, 1.82) is 0 Å². The molecule has 0 aliphatic heterocycles. The van der Waals surface area contributed by atoms with Crippen molar-refractivity contribution in [2.24, 2.45) is 5.92 Å². The van der Waals surface area contributed by atoms with Crippen LogP contribution < -0.4 is 5.32 Å². The van der Waals surface area contributed by atoms with Crippen molar-refractivity contribution in [1.82, 2.24) is 10.3 Å². The van der Waals surface area contributed by atoms with E-state index in [0.717, 1.165) is 0 Å². The lowest BCUT2D eigenvalue weighted by atomic mass is 9.85. The highest BCUT2D eigenvalue weighted by Gasteiger charge is 2.33. The summed E-state index contributed by atoms with van der Waals surface area (Å²) in [6, 6.07) is 0. The van der Waals surface area contributed by atoms with E-state index in [1.54, 1.807) is 17.8 Å². The zero-order chi connectivity index (χ0) is 13.1. The van der Waals surface area contributed by atoms with E-state index in [4.69, 9.17) is 5.11 Å². The van der Waals surface area contributed by atoms with Crippen LogP contribution in [-0.2, 0) is 4.79 Å². The maximum Gasteiger partial charge on any atom is 0.305 e. The van der Waals surface area contributed by atoms with Gasteiger partial charge in [0.1, 0.15) is 5.69 Å². The monoisotopic (exact) mass is 256 g/mol. The van der Waals surface area contributed by atoms with Crippen LogP contribution in [0.1, 0.15) is 37.7 Å². The highest BCUT2D eigenvalue weighted by atomic mass is 32.1. The van der Waals surface area contributed by atoms with Crippen LogP contribution in [0.2, 0.25) is 0 Å². The summed E-state index contributed by atoms with van der Waals surface area (Å²) in [6.07, 6.45) is -0.111. The number of carbonyl (C=O) groups is 2. The van der Waals surface area contributed by atoms with Crippen LogP contribution in [0.15, 0.2) is 10.9 Å². The van der Waals surface area contributed by atoms with E-state index in [1.807, 2.05) is 13.8 Å². The number of hydrogen-bond donors (Lipinski definition) is 2. The van der Waals surface area contributed by atoms with E-state index in [2.05, 4.69) is 10.3 Å². The molecule has 0 saturated carbocycles. The lowest BCUT2D eigenvalue weighted by Crippen LogP contribution is -2.51. The number of rotatable bonds is 5. The number of carboxylic acid groups (broad SMARTS) is 1. The van der Waals surface area contributed by atoms with Gasteiger partial charge in [-0.2, -0.15) is 0 Å². The summed E-state index contributed by atoms with van der Waals surface area (Å²) >= 11 is 1.33. The number of carbonyl (C=O) groups excluding carboxylic acids is 1. The lowest BCUT2D eigenvalue weighted by Gasteiger charge is -2.33. The van der Waals surface area contributed by atoms with Crippen molar-refractivity contribution in [2.75, 3.05) is 0 Å². The first-order valence-electron chi connectivity index (χ1n) is 5.27. The van der Waals surface area contributed by atoms with Gasteiger partial charge in [0.2, 0.25) is 0 Å². The summed E-state index contributed by atoms with van der Waals surface area (Å²) < 4.78 is 0. The quantitative estimate of drug-likeness (QED) is 0.841.